The maximum atomic E-state index is 11.7. The minimum Gasteiger partial charge on any atom is -0.478 e. The molecule has 0 spiro atoms. The van der Waals surface area contributed by atoms with Crippen LogP contribution in [-0.2, 0) is 4.79 Å². The summed E-state index contributed by atoms with van der Waals surface area (Å²) in [5, 5.41) is 16.5. The fraction of sp³-hybridized carbons (Fsp3) is 0.357. The van der Waals surface area contributed by atoms with Crippen molar-refractivity contribution in [2.45, 2.75) is 13.8 Å². The third-order valence-corrected chi connectivity index (χ3v) is 2.90. The maximum Gasteiger partial charge on any atom is 0.335 e. The lowest BCUT2D eigenvalue weighted by molar-refractivity contribution is -0.128. The highest BCUT2D eigenvalue weighted by molar-refractivity contribution is 5.93. The van der Waals surface area contributed by atoms with Gasteiger partial charge in [0.05, 0.1) is 11.0 Å². The van der Waals surface area contributed by atoms with Gasteiger partial charge in [0.15, 0.2) is 0 Å². The van der Waals surface area contributed by atoms with E-state index in [4.69, 9.17) is 5.11 Å². The van der Waals surface area contributed by atoms with Gasteiger partial charge in [-0.05, 0) is 32.0 Å². The molecule has 114 valence electrons. The average molecular weight is 293 g/mol. The number of hydrogen-bond donors (Lipinski definition) is 4. The van der Waals surface area contributed by atoms with Crippen molar-refractivity contribution in [3.8, 4) is 0 Å². The molecule has 0 bridgehead atoms. The SMILES string of the molecule is CNC(=O)C(C)(C)CNC(=O)Nc1cccc(C(=O)O)c1. The number of carbonyl (C=O) groups is 3. The highest BCUT2D eigenvalue weighted by atomic mass is 16.4. The van der Waals surface area contributed by atoms with Crippen molar-refractivity contribution in [2.24, 2.45) is 5.41 Å². The van der Waals surface area contributed by atoms with Crippen molar-refractivity contribution < 1.29 is 19.5 Å². The Bertz CT molecular complexity index is 555. The van der Waals surface area contributed by atoms with E-state index in [1.807, 2.05) is 0 Å². The van der Waals surface area contributed by atoms with Gasteiger partial charge < -0.3 is 21.1 Å². The Balaban J connectivity index is 2.60. The van der Waals surface area contributed by atoms with E-state index in [0.717, 1.165) is 0 Å². The number of aromatic carboxylic acids is 1. The average Bonchev–Trinajstić information content (AvgIpc) is 2.44. The van der Waals surface area contributed by atoms with E-state index in [9.17, 15) is 14.4 Å². The molecule has 0 unspecified atom stereocenters. The summed E-state index contributed by atoms with van der Waals surface area (Å²) in [7, 11) is 1.53. The van der Waals surface area contributed by atoms with Gasteiger partial charge in [0.25, 0.3) is 0 Å². The second-order valence-electron chi connectivity index (χ2n) is 5.16. The molecule has 0 aliphatic heterocycles. The Morgan fingerprint density at radius 3 is 2.48 bits per heavy atom. The van der Waals surface area contributed by atoms with Crippen LogP contribution in [0.2, 0.25) is 0 Å². The molecule has 1 aromatic rings. The molecular formula is C14H19N3O4. The Hall–Kier alpha value is -2.57. The third kappa shape index (κ3) is 4.79. The monoisotopic (exact) mass is 293 g/mol. The molecule has 0 saturated carbocycles. The summed E-state index contributed by atoms with van der Waals surface area (Å²) in [6.07, 6.45) is 0. The number of carboxylic acids is 1. The number of hydrogen-bond acceptors (Lipinski definition) is 3. The van der Waals surface area contributed by atoms with Crippen molar-refractivity contribution >= 4 is 23.6 Å². The lowest BCUT2D eigenvalue weighted by atomic mass is 9.92. The van der Waals surface area contributed by atoms with Crippen LogP contribution in [-0.4, -0.2) is 36.6 Å². The van der Waals surface area contributed by atoms with E-state index in [1.54, 1.807) is 19.9 Å². The minimum atomic E-state index is -1.07. The number of nitrogens with one attached hydrogen (secondary N) is 3. The zero-order valence-electron chi connectivity index (χ0n) is 12.2. The number of urea groups is 1. The van der Waals surface area contributed by atoms with Gasteiger partial charge in [-0.1, -0.05) is 6.07 Å². The van der Waals surface area contributed by atoms with Gasteiger partial charge in [-0.25, -0.2) is 9.59 Å². The molecule has 0 aliphatic rings. The molecule has 0 radical (unpaired) electrons. The number of amides is 3. The van der Waals surface area contributed by atoms with Crippen molar-refractivity contribution in [1.82, 2.24) is 10.6 Å². The standard InChI is InChI=1S/C14H19N3O4/c1-14(2,12(20)15-3)8-16-13(21)17-10-6-4-5-9(7-10)11(18)19/h4-7H,8H2,1-3H3,(H,15,20)(H,18,19)(H2,16,17,21). The molecule has 1 rings (SSSR count). The van der Waals surface area contributed by atoms with E-state index in [-0.39, 0.29) is 18.0 Å². The molecule has 7 nitrogen and oxygen atoms in total. The molecule has 1 aromatic carbocycles. The van der Waals surface area contributed by atoms with Gasteiger partial charge in [-0.3, -0.25) is 4.79 Å². The number of anilines is 1. The largest absolute Gasteiger partial charge is 0.478 e. The van der Waals surface area contributed by atoms with Gasteiger partial charge in [-0.2, -0.15) is 0 Å². The van der Waals surface area contributed by atoms with Crippen molar-refractivity contribution in [3.05, 3.63) is 29.8 Å². The molecule has 0 aromatic heterocycles. The van der Waals surface area contributed by atoms with E-state index < -0.39 is 17.4 Å². The number of benzene rings is 1. The quantitative estimate of drug-likeness (QED) is 0.656. The topological polar surface area (TPSA) is 108 Å². The molecule has 0 heterocycles. The Kier molecular flexibility index (Phi) is 5.29. The van der Waals surface area contributed by atoms with Crippen LogP contribution >= 0.6 is 0 Å². The summed E-state index contributed by atoms with van der Waals surface area (Å²) in [6.45, 7) is 3.56. The lowest BCUT2D eigenvalue weighted by Crippen LogP contribution is -2.44. The Labute approximate surface area is 122 Å². The summed E-state index contributed by atoms with van der Waals surface area (Å²) in [4.78, 5) is 34.2. The van der Waals surface area contributed by atoms with Crippen molar-refractivity contribution in [1.29, 1.82) is 0 Å². The molecule has 4 N–H and O–H groups in total. The first-order valence-electron chi connectivity index (χ1n) is 6.36. The first-order valence-corrected chi connectivity index (χ1v) is 6.36. The smallest absolute Gasteiger partial charge is 0.335 e. The van der Waals surface area contributed by atoms with Crippen molar-refractivity contribution in [2.75, 3.05) is 18.9 Å². The van der Waals surface area contributed by atoms with E-state index >= 15 is 0 Å². The third-order valence-electron chi connectivity index (χ3n) is 2.90. The fourth-order valence-electron chi connectivity index (χ4n) is 1.63. The van der Waals surface area contributed by atoms with Gasteiger partial charge in [0.2, 0.25) is 5.91 Å². The van der Waals surface area contributed by atoms with Gasteiger partial charge in [-0.15, -0.1) is 0 Å². The van der Waals surface area contributed by atoms with Gasteiger partial charge in [0.1, 0.15) is 0 Å². The van der Waals surface area contributed by atoms with E-state index in [1.165, 1.54) is 25.2 Å². The van der Waals surface area contributed by atoms with E-state index in [2.05, 4.69) is 16.0 Å². The Morgan fingerprint density at radius 2 is 1.90 bits per heavy atom. The summed E-state index contributed by atoms with van der Waals surface area (Å²) in [6, 6.07) is 5.39. The summed E-state index contributed by atoms with van der Waals surface area (Å²) in [5.74, 6) is -1.25. The zero-order chi connectivity index (χ0) is 16.0. The number of rotatable bonds is 5. The molecule has 0 atom stereocenters. The maximum absolute atomic E-state index is 11.7. The highest BCUT2D eigenvalue weighted by Gasteiger charge is 2.26. The molecule has 0 saturated heterocycles. The van der Waals surface area contributed by atoms with Crippen LogP contribution in [0.1, 0.15) is 24.2 Å². The van der Waals surface area contributed by atoms with Crippen LogP contribution in [0.5, 0.6) is 0 Å². The molecule has 0 fully saturated rings. The number of carboxylic acid groups (broad SMARTS) is 1. The predicted octanol–water partition coefficient (Wildman–Crippen LogP) is 1.28. The molecule has 7 heteroatoms. The van der Waals surface area contributed by atoms with Crippen LogP contribution < -0.4 is 16.0 Å². The normalized spacial score (nSPS) is 10.6. The predicted molar refractivity (Wildman–Crippen MR) is 78.3 cm³/mol. The van der Waals surface area contributed by atoms with Crippen LogP contribution in [0, 0.1) is 5.41 Å². The van der Waals surface area contributed by atoms with Crippen LogP contribution in [0.15, 0.2) is 24.3 Å². The number of carbonyl (C=O) groups excluding carboxylic acids is 2. The molecule has 3 amide bonds. The molecule has 0 aliphatic carbocycles. The minimum absolute atomic E-state index is 0.0819. The first kappa shape index (κ1) is 16.5. The van der Waals surface area contributed by atoms with Crippen LogP contribution in [0.3, 0.4) is 0 Å². The fourth-order valence-corrected chi connectivity index (χ4v) is 1.63. The van der Waals surface area contributed by atoms with Crippen LogP contribution in [0.4, 0.5) is 10.5 Å². The van der Waals surface area contributed by atoms with Crippen molar-refractivity contribution in [3.63, 3.8) is 0 Å². The summed E-state index contributed by atoms with van der Waals surface area (Å²) >= 11 is 0. The molecule has 21 heavy (non-hydrogen) atoms. The van der Waals surface area contributed by atoms with Gasteiger partial charge >= 0.3 is 12.0 Å². The van der Waals surface area contributed by atoms with E-state index in [0.29, 0.717) is 5.69 Å². The highest BCUT2D eigenvalue weighted by Crippen LogP contribution is 2.14. The van der Waals surface area contributed by atoms with Gasteiger partial charge in [0, 0.05) is 19.3 Å². The second-order valence-corrected chi connectivity index (χ2v) is 5.16. The second kappa shape index (κ2) is 6.74. The van der Waals surface area contributed by atoms with Crippen LogP contribution in [0.25, 0.3) is 0 Å². The first-order chi connectivity index (χ1) is 9.76. The molecular weight excluding hydrogens is 274 g/mol. The lowest BCUT2D eigenvalue weighted by Gasteiger charge is -2.22. The Morgan fingerprint density at radius 1 is 1.24 bits per heavy atom. The summed E-state index contributed by atoms with van der Waals surface area (Å²) in [5.41, 5.74) is -0.293. The zero-order valence-corrected chi connectivity index (χ0v) is 12.2. The summed E-state index contributed by atoms with van der Waals surface area (Å²) < 4.78 is 0.